The maximum absolute atomic E-state index is 12.7. The minimum atomic E-state index is -0.523. The van der Waals surface area contributed by atoms with E-state index in [0.29, 0.717) is 11.3 Å². The van der Waals surface area contributed by atoms with E-state index in [0.717, 1.165) is 22.6 Å². The van der Waals surface area contributed by atoms with Crippen LogP contribution in [0.4, 0.5) is 0 Å². The van der Waals surface area contributed by atoms with Gasteiger partial charge in [0.15, 0.2) is 0 Å². The van der Waals surface area contributed by atoms with Crippen molar-refractivity contribution < 1.29 is 9.53 Å². The summed E-state index contributed by atoms with van der Waals surface area (Å²) in [4.78, 5) is 25.1. The maximum Gasteiger partial charge on any atom is 0.269 e. The minimum absolute atomic E-state index is 0.0254. The van der Waals surface area contributed by atoms with Crippen molar-refractivity contribution in [3.8, 4) is 11.8 Å². The SMILES string of the molecule is COCc1cc(C)n(CC(=O)N/N=C\c2cc(C)n(-c3ccc(C)c(C)c3)c2C)c(=O)c1C#N. The monoisotopic (exact) mass is 459 g/mol. The fourth-order valence-corrected chi connectivity index (χ4v) is 3.95. The van der Waals surface area contributed by atoms with Crippen LogP contribution in [0.2, 0.25) is 0 Å². The first kappa shape index (κ1) is 24.7. The highest BCUT2D eigenvalue weighted by atomic mass is 16.5. The zero-order valence-corrected chi connectivity index (χ0v) is 20.4. The van der Waals surface area contributed by atoms with E-state index in [1.165, 1.54) is 22.8 Å². The molecule has 1 amide bonds. The third kappa shape index (κ3) is 5.00. The lowest BCUT2D eigenvalue weighted by molar-refractivity contribution is -0.121. The first-order valence-electron chi connectivity index (χ1n) is 10.9. The Morgan fingerprint density at radius 1 is 1.12 bits per heavy atom. The van der Waals surface area contributed by atoms with Gasteiger partial charge in [0.2, 0.25) is 0 Å². The fraction of sp³-hybridized carbons (Fsp3) is 0.308. The lowest BCUT2D eigenvalue weighted by atomic mass is 10.1. The molecule has 1 aromatic carbocycles. The normalized spacial score (nSPS) is 11.1. The largest absolute Gasteiger partial charge is 0.380 e. The van der Waals surface area contributed by atoms with Gasteiger partial charge in [-0.1, -0.05) is 6.07 Å². The van der Waals surface area contributed by atoms with Gasteiger partial charge in [-0.05, 0) is 70.0 Å². The third-order valence-electron chi connectivity index (χ3n) is 5.91. The number of hydrogen-bond donors (Lipinski definition) is 1. The summed E-state index contributed by atoms with van der Waals surface area (Å²) in [5, 5.41) is 13.4. The van der Waals surface area contributed by atoms with Crippen LogP contribution < -0.4 is 11.0 Å². The number of methoxy groups -OCH3 is 1. The predicted molar refractivity (Wildman–Crippen MR) is 131 cm³/mol. The molecule has 8 heteroatoms. The van der Waals surface area contributed by atoms with Gasteiger partial charge in [0.1, 0.15) is 18.2 Å². The van der Waals surface area contributed by atoms with E-state index < -0.39 is 11.5 Å². The average molecular weight is 460 g/mol. The van der Waals surface area contributed by atoms with E-state index in [1.807, 2.05) is 26.0 Å². The van der Waals surface area contributed by atoms with Gasteiger partial charge in [-0.2, -0.15) is 10.4 Å². The number of nitrogens with zero attached hydrogens (tertiary/aromatic N) is 4. The van der Waals surface area contributed by atoms with Crippen molar-refractivity contribution in [1.82, 2.24) is 14.6 Å². The van der Waals surface area contributed by atoms with Gasteiger partial charge in [0, 0.05) is 41.0 Å². The highest BCUT2D eigenvalue weighted by Crippen LogP contribution is 2.21. The van der Waals surface area contributed by atoms with Gasteiger partial charge in [-0.15, -0.1) is 0 Å². The summed E-state index contributed by atoms with van der Waals surface area (Å²) in [7, 11) is 1.49. The standard InChI is InChI=1S/C26H29N5O3/c1-16-7-8-23(9-17(16)2)31-19(4)11-21(20(31)5)13-28-29-25(32)14-30-18(3)10-22(15-34-6)24(12-27)26(30)33/h7-11,13H,14-15H2,1-6H3,(H,29,32)/b28-13-. The molecule has 0 fully saturated rings. The number of benzene rings is 1. The van der Waals surface area contributed by atoms with E-state index >= 15 is 0 Å². The molecule has 2 aromatic heterocycles. The molecule has 8 nitrogen and oxygen atoms in total. The van der Waals surface area contributed by atoms with Crippen LogP contribution in [0.3, 0.4) is 0 Å². The predicted octanol–water partition coefficient (Wildman–Crippen LogP) is 3.35. The minimum Gasteiger partial charge on any atom is -0.380 e. The van der Waals surface area contributed by atoms with Gasteiger partial charge in [-0.25, -0.2) is 5.43 Å². The highest BCUT2D eigenvalue weighted by molar-refractivity contribution is 5.84. The smallest absolute Gasteiger partial charge is 0.269 e. The lowest BCUT2D eigenvalue weighted by Crippen LogP contribution is -2.33. The zero-order valence-electron chi connectivity index (χ0n) is 20.4. The van der Waals surface area contributed by atoms with Crippen molar-refractivity contribution in [3.05, 3.63) is 85.6 Å². The molecule has 0 saturated heterocycles. The van der Waals surface area contributed by atoms with Crippen LogP contribution in [0.5, 0.6) is 0 Å². The fourth-order valence-electron chi connectivity index (χ4n) is 3.95. The summed E-state index contributed by atoms with van der Waals surface area (Å²) in [6.45, 7) is 9.80. The Hall–Kier alpha value is -3.96. The number of aryl methyl sites for hydroxylation is 4. The molecule has 176 valence electrons. The van der Waals surface area contributed by atoms with Crippen LogP contribution >= 0.6 is 0 Å². The summed E-state index contributed by atoms with van der Waals surface area (Å²) in [6, 6.07) is 11.9. The van der Waals surface area contributed by atoms with Crippen molar-refractivity contribution in [1.29, 1.82) is 5.26 Å². The Balaban J connectivity index is 1.77. The Bertz CT molecular complexity index is 1370. The molecule has 3 aromatic rings. The molecule has 0 aliphatic rings. The summed E-state index contributed by atoms with van der Waals surface area (Å²) in [5.74, 6) is -0.465. The number of nitriles is 1. The van der Waals surface area contributed by atoms with Crippen molar-refractivity contribution in [2.45, 2.75) is 47.8 Å². The molecule has 34 heavy (non-hydrogen) atoms. The summed E-state index contributed by atoms with van der Waals surface area (Å²) < 4.78 is 8.46. The van der Waals surface area contributed by atoms with Crippen LogP contribution in [0.25, 0.3) is 5.69 Å². The number of hydrogen-bond acceptors (Lipinski definition) is 5. The van der Waals surface area contributed by atoms with Crippen LogP contribution in [-0.4, -0.2) is 28.4 Å². The van der Waals surface area contributed by atoms with E-state index in [2.05, 4.69) is 47.1 Å². The topological polar surface area (TPSA) is 101 Å². The van der Waals surface area contributed by atoms with E-state index in [4.69, 9.17) is 4.74 Å². The maximum atomic E-state index is 12.7. The van der Waals surface area contributed by atoms with Crippen molar-refractivity contribution in [2.75, 3.05) is 7.11 Å². The quantitative estimate of drug-likeness (QED) is 0.432. The molecule has 0 bridgehead atoms. The second-order valence-electron chi connectivity index (χ2n) is 8.35. The number of rotatable bonds is 7. The second-order valence-corrected chi connectivity index (χ2v) is 8.35. The number of ether oxygens (including phenoxy) is 1. The van der Waals surface area contributed by atoms with Crippen LogP contribution in [0, 0.1) is 45.9 Å². The zero-order chi connectivity index (χ0) is 25.0. The van der Waals surface area contributed by atoms with Gasteiger partial charge in [0.05, 0.1) is 12.8 Å². The Kier molecular flexibility index (Phi) is 7.49. The Labute approximate surface area is 199 Å². The molecule has 0 spiro atoms. The highest BCUT2D eigenvalue weighted by Gasteiger charge is 2.15. The van der Waals surface area contributed by atoms with Gasteiger partial charge in [-0.3, -0.25) is 9.59 Å². The summed E-state index contributed by atoms with van der Waals surface area (Å²) >= 11 is 0. The van der Waals surface area contributed by atoms with Gasteiger partial charge >= 0.3 is 0 Å². The van der Waals surface area contributed by atoms with Gasteiger partial charge < -0.3 is 13.9 Å². The summed E-state index contributed by atoms with van der Waals surface area (Å²) in [6.07, 6.45) is 1.59. The molecule has 0 atom stereocenters. The van der Waals surface area contributed by atoms with E-state index in [-0.39, 0.29) is 18.7 Å². The number of pyridine rings is 1. The molecule has 0 saturated carbocycles. The molecule has 2 heterocycles. The van der Waals surface area contributed by atoms with Crippen molar-refractivity contribution in [3.63, 3.8) is 0 Å². The Morgan fingerprint density at radius 2 is 1.85 bits per heavy atom. The van der Waals surface area contributed by atoms with Crippen LogP contribution in [-0.2, 0) is 22.7 Å². The number of hydrazone groups is 1. The number of aromatic nitrogens is 2. The van der Waals surface area contributed by atoms with E-state index in [1.54, 1.807) is 19.2 Å². The van der Waals surface area contributed by atoms with E-state index in [9.17, 15) is 14.9 Å². The summed E-state index contributed by atoms with van der Waals surface area (Å²) in [5.41, 5.74) is 9.44. The molecule has 0 radical (unpaired) electrons. The molecule has 1 N–H and O–H groups in total. The molecular formula is C26H29N5O3. The number of carbonyl (C=O) groups excluding carboxylic acids is 1. The van der Waals surface area contributed by atoms with Gasteiger partial charge in [0.25, 0.3) is 11.5 Å². The molecule has 3 rings (SSSR count). The number of amides is 1. The first-order chi connectivity index (χ1) is 16.2. The molecule has 0 aliphatic heterocycles. The lowest BCUT2D eigenvalue weighted by Gasteiger charge is -2.12. The van der Waals surface area contributed by atoms with Crippen LogP contribution in [0.15, 0.2) is 40.2 Å². The molecule has 0 aliphatic carbocycles. The molecule has 0 unspecified atom stereocenters. The number of carbonyl (C=O) groups is 1. The molecular weight excluding hydrogens is 430 g/mol. The first-order valence-corrected chi connectivity index (χ1v) is 10.9. The van der Waals surface area contributed by atoms with Crippen molar-refractivity contribution in [2.24, 2.45) is 5.10 Å². The van der Waals surface area contributed by atoms with Crippen LogP contribution in [0.1, 0.15) is 44.9 Å². The number of nitrogens with one attached hydrogen (secondary N) is 1. The second kappa shape index (κ2) is 10.3. The average Bonchev–Trinajstić information content (AvgIpc) is 3.06. The van der Waals surface area contributed by atoms with Crippen molar-refractivity contribution >= 4 is 12.1 Å². The Morgan fingerprint density at radius 3 is 2.50 bits per heavy atom. The third-order valence-corrected chi connectivity index (χ3v) is 5.91.